The standard InChI is InChI=1S/C22H22F2N4O/c1-25-22(26-13-12-17-4-2-3-5-20(17)24)28-15-16-6-11-21(27-14-16)29-19-9-7-18(23)8-10-19/h2-11,14H,12-13,15H2,1H3,(H2,25,26,28). The summed E-state index contributed by atoms with van der Waals surface area (Å²) in [5.74, 6) is 1.04. The van der Waals surface area contributed by atoms with Crippen LogP contribution >= 0.6 is 0 Å². The van der Waals surface area contributed by atoms with Gasteiger partial charge in [0.25, 0.3) is 0 Å². The number of aliphatic imine (C=N–C) groups is 1. The zero-order chi connectivity index (χ0) is 20.5. The van der Waals surface area contributed by atoms with E-state index in [-0.39, 0.29) is 11.6 Å². The molecule has 0 amide bonds. The zero-order valence-electron chi connectivity index (χ0n) is 16.0. The number of pyridine rings is 1. The third kappa shape index (κ3) is 6.27. The molecule has 0 radical (unpaired) electrons. The minimum absolute atomic E-state index is 0.203. The molecule has 3 aromatic rings. The van der Waals surface area contributed by atoms with E-state index in [9.17, 15) is 8.78 Å². The number of nitrogens with one attached hydrogen (secondary N) is 2. The van der Waals surface area contributed by atoms with E-state index in [1.165, 1.54) is 18.2 Å². The number of nitrogens with zero attached hydrogens (tertiary/aromatic N) is 2. The lowest BCUT2D eigenvalue weighted by Crippen LogP contribution is -2.37. The van der Waals surface area contributed by atoms with Crippen LogP contribution in [0.4, 0.5) is 8.78 Å². The predicted molar refractivity (Wildman–Crippen MR) is 109 cm³/mol. The number of benzene rings is 2. The van der Waals surface area contributed by atoms with Crippen molar-refractivity contribution in [3.63, 3.8) is 0 Å². The summed E-state index contributed by atoms with van der Waals surface area (Å²) in [4.78, 5) is 8.42. The van der Waals surface area contributed by atoms with Crippen LogP contribution in [0.1, 0.15) is 11.1 Å². The fourth-order valence-corrected chi connectivity index (χ4v) is 2.62. The Balaban J connectivity index is 1.45. The van der Waals surface area contributed by atoms with Crippen LogP contribution in [0.3, 0.4) is 0 Å². The Labute approximate surface area is 168 Å². The lowest BCUT2D eigenvalue weighted by atomic mass is 10.1. The highest BCUT2D eigenvalue weighted by Gasteiger charge is 2.04. The van der Waals surface area contributed by atoms with E-state index in [1.807, 2.05) is 12.1 Å². The second-order valence-electron chi connectivity index (χ2n) is 6.25. The maximum atomic E-state index is 13.6. The number of hydrogen-bond donors (Lipinski definition) is 2. The van der Waals surface area contributed by atoms with E-state index in [0.29, 0.717) is 42.7 Å². The molecule has 5 nitrogen and oxygen atoms in total. The molecule has 0 saturated carbocycles. The Morgan fingerprint density at radius 3 is 2.48 bits per heavy atom. The SMILES string of the molecule is CN=C(NCCc1ccccc1F)NCc1ccc(Oc2ccc(F)cc2)nc1. The number of ether oxygens (including phenoxy) is 1. The van der Waals surface area contributed by atoms with Gasteiger partial charge in [-0.2, -0.15) is 0 Å². The van der Waals surface area contributed by atoms with Gasteiger partial charge in [-0.15, -0.1) is 0 Å². The average Bonchev–Trinajstić information content (AvgIpc) is 2.74. The van der Waals surface area contributed by atoms with Crippen LogP contribution in [0.15, 0.2) is 71.9 Å². The molecule has 0 spiro atoms. The van der Waals surface area contributed by atoms with Gasteiger partial charge in [0.1, 0.15) is 17.4 Å². The molecule has 0 fully saturated rings. The third-order valence-electron chi connectivity index (χ3n) is 4.16. The summed E-state index contributed by atoms with van der Waals surface area (Å²) in [5.41, 5.74) is 1.60. The molecule has 2 N–H and O–H groups in total. The molecule has 29 heavy (non-hydrogen) atoms. The van der Waals surface area contributed by atoms with Gasteiger partial charge in [0, 0.05) is 32.4 Å². The summed E-state index contributed by atoms with van der Waals surface area (Å²) in [5, 5.41) is 6.35. The first-order chi connectivity index (χ1) is 14.1. The quantitative estimate of drug-likeness (QED) is 0.467. The highest BCUT2D eigenvalue weighted by molar-refractivity contribution is 5.79. The largest absolute Gasteiger partial charge is 0.439 e. The van der Waals surface area contributed by atoms with E-state index < -0.39 is 0 Å². The molecule has 0 aliphatic carbocycles. The van der Waals surface area contributed by atoms with E-state index in [4.69, 9.17) is 4.74 Å². The summed E-state index contributed by atoms with van der Waals surface area (Å²) in [6, 6.07) is 16.1. The average molecular weight is 396 g/mol. The van der Waals surface area contributed by atoms with Gasteiger partial charge >= 0.3 is 0 Å². The van der Waals surface area contributed by atoms with Gasteiger partial charge in [0.2, 0.25) is 5.88 Å². The van der Waals surface area contributed by atoms with Crippen LogP contribution in [0, 0.1) is 11.6 Å². The number of halogens is 2. The number of rotatable bonds is 7. The third-order valence-corrected chi connectivity index (χ3v) is 4.16. The summed E-state index contributed by atoms with van der Waals surface area (Å²) < 4.78 is 32.2. The minimum atomic E-state index is -0.317. The van der Waals surface area contributed by atoms with Crippen molar-refractivity contribution in [2.24, 2.45) is 4.99 Å². The van der Waals surface area contributed by atoms with Crippen LogP contribution in [0.2, 0.25) is 0 Å². The van der Waals surface area contributed by atoms with Crippen LogP contribution < -0.4 is 15.4 Å². The maximum absolute atomic E-state index is 13.6. The molecule has 0 aliphatic heterocycles. The van der Waals surface area contributed by atoms with Crippen LogP contribution in [-0.4, -0.2) is 24.5 Å². The highest BCUT2D eigenvalue weighted by Crippen LogP contribution is 2.19. The summed E-state index contributed by atoms with van der Waals surface area (Å²) in [6.45, 7) is 1.08. The molecular weight excluding hydrogens is 374 g/mol. The topological polar surface area (TPSA) is 58.5 Å². The van der Waals surface area contributed by atoms with Crippen LogP contribution in [-0.2, 0) is 13.0 Å². The maximum Gasteiger partial charge on any atom is 0.219 e. The van der Waals surface area contributed by atoms with Crippen molar-refractivity contribution in [2.75, 3.05) is 13.6 Å². The van der Waals surface area contributed by atoms with Crippen LogP contribution in [0.5, 0.6) is 11.6 Å². The molecule has 3 rings (SSSR count). The highest BCUT2D eigenvalue weighted by atomic mass is 19.1. The van der Waals surface area contributed by atoms with E-state index >= 15 is 0 Å². The molecule has 7 heteroatoms. The van der Waals surface area contributed by atoms with Crippen molar-refractivity contribution >= 4 is 5.96 Å². The fourth-order valence-electron chi connectivity index (χ4n) is 2.62. The Morgan fingerprint density at radius 1 is 1.00 bits per heavy atom. The Bertz CT molecular complexity index is 944. The Morgan fingerprint density at radius 2 is 1.79 bits per heavy atom. The van der Waals surface area contributed by atoms with Gasteiger partial charge in [-0.05, 0) is 47.9 Å². The lowest BCUT2D eigenvalue weighted by molar-refractivity contribution is 0.461. The fraction of sp³-hybridized carbons (Fsp3) is 0.182. The van der Waals surface area contributed by atoms with E-state index in [1.54, 1.807) is 43.6 Å². The summed E-state index contributed by atoms with van der Waals surface area (Å²) in [6.07, 6.45) is 2.25. The van der Waals surface area contributed by atoms with Gasteiger partial charge in [-0.25, -0.2) is 13.8 Å². The number of guanidine groups is 1. The van der Waals surface area contributed by atoms with E-state index in [2.05, 4.69) is 20.6 Å². The summed E-state index contributed by atoms with van der Waals surface area (Å²) >= 11 is 0. The molecule has 0 unspecified atom stereocenters. The molecule has 0 bridgehead atoms. The molecule has 1 heterocycles. The summed E-state index contributed by atoms with van der Waals surface area (Å²) in [7, 11) is 1.68. The second kappa shape index (κ2) is 10.2. The normalized spacial score (nSPS) is 11.2. The van der Waals surface area contributed by atoms with Gasteiger partial charge in [-0.3, -0.25) is 4.99 Å². The van der Waals surface area contributed by atoms with Crippen molar-refractivity contribution < 1.29 is 13.5 Å². The van der Waals surface area contributed by atoms with Crippen molar-refractivity contribution in [1.82, 2.24) is 15.6 Å². The van der Waals surface area contributed by atoms with Crippen LogP contribution in [0.25, 0.3) is 0 Å². The smallest absolute Gasteiger partial charge is 0.219 e. The van der Waals surface area contributed by atoms with Crippen molar-refractivity contribution in [2.45, 2.75) is 13.0 Å². The minimum Gasteiger partial charge on any atom is -0.439 e. The molecular formula is C22H22F2N4O. The second-order valence-corrected chi connectivity index (χ2v) is 6.25. The molecule has 0 saturated heterocycles. The number of hydrogen-bond acceptors (Lipinski definition) is 3. The first-order valence-corrected chi connectivity index (χ1v) is 9.20. The van der Waals surface area contributed by atoms with Crippen molar-refractivity contribution in [3.8, 4) is 11.6 Å². The van der Waals surface area contributed by atoms with Gasteiger partial charge < -0.3 is 15.4 Å². The number of aromatic nitrogens is 1. The zero-order valence-corrected chi connectivity index (χ0v) is 16.0. The monoisotopic (exact) mass is 396 g/mol. The van der Waals surface area contributed by atoms with Crippen molar-refractivity contribution in [3.05, 3.63) is 89.6 Å². The van der Waals surface area contributed by atoms with E-state index in [0.717, 1.165) is 5.56 Å². The first-order valence-electron chi connectivity index (χ1n) is 9.20. The predicted octanol–water partition coefficient (Wildman–Crippen LogP) is 4.06. The molecule has 2 aromatic carbocycles. The molecule has 0 aliphatic rings. The first kappa shape index (κ1) is 20.3. The van der Waals surface area contributed by atoms with Gasteiger partial charge in [0.05, 0.1) is 0 Å². The molecule has 1 aromatic heterocycles. The Kier molecular flexibility index (Phi) is 7.10. The van der Waals surface area contributed by atoms with Gasteiger partial charge in [0.15, 0.2) is 5.96 Å². The van der Waals surface area contributed by atoms with Crippen molar-refractivity contribution in [1.29, 1.82) is 0 Å². The van der Waals surface area contributed by atoms with Gasteiger partial charge in [-0.1, -0.05) is 24.3 Å². The lowest BCUT2D eigenvalue weighted by Gasteiger charge is -2.12. The molecule has 150 valence electrons. The Hall–Kier alpha value is -3.48. The molecule has 0 atom stereocenters.